The third kappa shape index (κ3) is 2.76. The summed E-state index contributed by atoms with van der Waals surface area (Å²) in [6, 6.07) is 12.2. The molecular weight excluding hydrogens is 406 g/mol. The van der Waals surface area contributed by atoms with Crippen molar-refractivity contribution >= 4 is 27.4 Å². The lowest BCUT2D eigenvalue weighted by Gasteiger charge is -2.39. The number of carbonyl (C=O) groups excluding carboxylic acids is 1. The van der Waals surface area contributed by atoms with Gasteiger partial charge in [-0.05, 0) is 41.2 Å². The second kappa shape index (κ2) is 5.86. The number of rotatable bonds is 1. The maximum absolute atomic E-state index is 13.2. The first-order valence-corrected chi connectivity index (χ1v) is 9.93. The SMILES string of the molecule is CC1(C)CC(=O)C2=C(C1)Nc1cc3c(cc1[C@H]2c1cccc(Br)c1)OCO3. The van der Waals surface area contributed by atoms with Crippen LogP contribution >= 0.6 is 15.9 Å². The average molecular weight is 426 g/mol. The number of fused-ring (bicyclic) bond motifs is 2. The van der Waals surface area contributed by atoms with Gasteiger partial charge < -0.3 is 14.8 Å². The first-order chi connectivity index (χ1) is 12.9. The molecule has 0 saturated carbocycles. The van der Waals surface area contributed by atoms with Gasteiger partial charge in [-0.2, -0.15) is 0 Å². The quantitative estimate of drug-likeness (QED) is 0.666. The fraction of sp³-hybridized carbons (Fsp3) is 0.318. The number of allylic oxidation sites excluding steroid dienone is 2. The first-order valence-electron chi connectivity index (χ1n) is 9.14. The predicted molar refractivity (Wildman–Crippen MR) is 107 cm³/mol. The smallest absolute Gasteiger partial charge is 0.231 e. The van der Waals surface area contributed by atoms with E-state index in [1.807, 2.05) is 24.3 Å². The molecule has 1 N–H and O–H groups in total. The van der Waals surface area contributed by atoms with Crippen LogP contribution in [0.25, 0.3) is 0 Å². The molecule has 138 valence electrons. The van der Waals surface area contributed by atoms with Crippen molar-refractivity contribution < 1.29 is 14.3 Å². The topological polar surface area (TPSA) is 47.6 Å². The molecule has 0 unspecified atom stereocenters. The van der Waals surface area contributed by atoms with Crippen molar-refractivity contribution in [1.29, 1.82) is 0 Å². The van der Waals surface area contributed by atoms with Gasteiger partial charge in [-0.3, -0.25) is 4.79 Å². The van der Waals surface area contributed by atoms with E-state index in [0.29, 0.717) is 6.42 Å². The molecule has 4 nitrogen and oxygen atoms in total. The van der Waals surface area contributed by atoms with Crippen molar-refractivity contribution in [1.82, 2.24) is 0 Å². The van der Waals surface area contributed by atoms with Crippen molar-refractivity contribution in [2.75, 3.05) is 12.1 Å². The molecule has 2 aromatic carbocycles. The summed E-state index contributed by atoms with van der Waals surface area (Å²) >= 11 is 3.58. The molecule has 1 atom stereocenters. The number of halogens is 1. The number of Topliss-reactive ketones (excluding diaryl/α,β-unsaturated/α-hetero) is 1. The highest BCUT2D eigenvalue weighted by molar-refractivity contribution is 9.10. The van der Waals surface area contributed by atoms with E-state index in [1.165, 1.54) is 0 Å². The van der Waals surface area contributed by atoms with Crippen LogP contribution in [-0.4, -0.2) is 12.6 Å². The van der Waals surface area contributed by atoms with Gasteiger partial charge in [-0.1, -0.05) is 41.9 Å². The predicted octanol–water partition coefficient (Wildman–Crippen LogP) is 5.38. The molecule has 0 spiro atoms. The van der Waals surface area contributed by atoms with E-state index in [-0.39, 0.29) is 23.9 Å². The van der Waals surface area contributed by atoms with E-state index < -0.39 is 0 Å². The summed E-state index contributed by atoms with van der Waals surface area (Å²) < 4.78 is 12.2. The number of ketones is 1. The highest BCUT2D eigenvalue weighted by atomic mass is 79.9. The van der Waals surface area contributed by atoms with Crippen LogP contribution in [-0.2, 0) is 4.79 Å². The normalized spacial score (nSPS) is 22.2. The van der Waals surface area contributed by atoms with Crippen LogP contribution in [0.1, 0.15) is 43.7 Å². The van der Waals surface area contributed by atoms with E-state index in [0.717, 1.165) is 50.5 Å². The van der Waals surface area contributed by atoms with Crippen LogP contribution in [0.15, 0.2) is 52.1 Å². The van der Waals surface area contributed by atoms with Crippen LogP contribution < -0.4 is 14.8 Å². The van der Waals surface area contributed by atoms with Gasteiger partial charge in [0.15, 0.2) is 17.3 Å². The molecule has 2 heterocycles. The van der Waals surface area contributed by atoms with Crippen LogP contribution in [0.4, 0.5) is 5.69 Å². The Morgan fingerprint density at radius 2 is 1.89 bits per heavy atom. The lowest BCUT2D eigenvalue weighted by atomic mass is 9.69. The van der Waals surface area contributed by atoms with Gasteiger partial charge in [-0.15, -0.1) is 0 Å². The standard InChI is InChI=1S/C22H20BrNO3/c1-22(2)9-16-21(17(25)10-22)20(12-4-3-5-13(23)6-12)14-7-18-19(27-11-26-18)8-15(14)24-16/h3-8,20,24H,9-11H2,1-2H3/t20-/m1/s1. The number of nitrogens with one attached hydrogen (secondary N) is 1. The summed E-state index contributed by atoms with van der Waals surface area (Å²) in [5.74, 6) is 1.61. The number of benzene rings is 2. The number of carbonyl (C=O) groups is 1. The summed E-state index contributed by atoms with van der Waals surface area (Å²) in [7, 11) is 0. The largest absolute Gasteiger partial charge is 0.454 e. The molecule has 0 aromatic heterocycles. The number of hydrogen-bond donors (Lipinski definition) is 1. The summed E-state index contributed by atoms with van der Waals surface area (Å²) in [4.78, 5) is 13.2. The molecule has 3 aliphatic rings. The zero-order valence-corrected chi connectivity index (χ0v) is 16.9. The minimum atomic E-state index is -0.105. The first kappa shape index (κ1) is 16.9. The molecule has 0 saturated heterocycles. The molecule has 5 rings (SSSR count). The summed E-state index contributed by atoms with van der Waals surface area (Å²) in [5.41, 5.74) is 5.04. The highest BCUT2D eigenvalue weighted by Crippen LogP contribution is 2.51. The molecule has 1 aliphatic carbocycles. The molecule has 27 heavy (non-hydrogen) atoms. The van der Waals surface area contributed by atoms with Crippen molar-refractivity contribution in [3.63, 3.8) is 0 Å². The molecule has 0 bridgehead atoms. The highest BCUT2D eigenvalue weighted by Gasteiger charge is 2.41. The molecule has 2 aromatic rings. The average Bonchev–Trinajstić information content (AvgIpc) is 3.04. The van der Waals surface area contributed by atoms with Gasteiger partial charge in [0.05, 0.1) is 0 Å². The van der Waals surface area contributed by atoms with Gasteiger partial charge >= 0.3 is 0 Å². The Balaban J connectivity index is 1.74. The van der Waals surface area contributed by atoms with E-state index in [1.54, 1.807) is 0 Å². The second-order valence-electron chi connectivity index (χ2n) is 8.24. The van der Waals surface area contributed by atoms with Crippen LogP contribution in [0.2, 0.25) is 0 Å². The van der Waals surface area contributed by atoms with Crippen molar-refractivity contribution in [3.05, 3.63) is 63.3 Å². The Bertz CT molecular complexity index is 1010. The van der Waals surface area contributed by atoms with E-state index in [9.17, 15) is 4.79 Å². The van der Waals surface area contributed by atoms with E-state index in [2.05, 4.69) is 47.2 Å². The third-order valence-electron chi connectivity index (χ3n) is 5.53. The minimum Gasteiger partial charge on any atom is -0.454 e. The second-order valence-corrected chi connectivity index (χ2v) is 9.15. The van der Waals surface area contributed by atoms with Crippen LogP contribution in [0.3, 0.4) is 0 Å². The number of ether oxygens (including phenoxy) is 2. The molecule has 0 radical (unpaired) electrons. The van der Waals surface area contributed by atoms with Gasteiger partial charge in [0.2, 0.25) is 6.79 Å². The molecule has 5 heteroatoms. The van der Waals surface area contributed by atoms with Gasteiger partial charge in [0, 0.05) is 39.8 Å². The molecule has 2 aliphatic heterocycles. The molecular formula is C22H20BrNO3. The summed E-state index contributed by atoms with van der Waals surface area (Å²) in [6.07, 6.45) is 1.42. The van der Waals surface area contributed by atoms with Gasteiger partial charge in [0.25, 0.3) is 0 Å². The van der Waals surface area contributed by atoms with Crippen molar-refractivity contribution in [2.24, 2.45) is 5.41 Å². The lowest BCUT2D eigenvalue weighted by molar-refractivity contribution is -0.118. The van der Waals surface area contributed by atoms with Gasteiger partial charge in [-0.25, -0.2) is 0 Å². The minimum absolute atomic E-state index is 0.0431. The van der Waals surface area contributed by atoms with Crippen LogP contribution in [0, 0.1) is 5.41 Å². The Morgan fingerprint density at radius 1 is 1.11 bits per heavy atom. The zero-order valence-electron chi connectivity index (χ0n) is 15.3. The van der Waals surface area contributed by atoms with Crippen molar-refractivity contribution in [2.45, 2.75) is 32.6 Å². The third-order valence-corrected chi connectivity index (χ3v) is 6.03. The van der Waals surface area contributed by atoms with Crippen LogP contribution in [0.5, 0.6) is 11.5 Å². The van der Waals surface area contributed by atoms with E-state index >= 15 is 0 Å². The van der Waals surface area contributed by atoms with Gasteiger partial charge in [0.1, 0.15) is 0 Å². The van der Waals surface area contributed by atoms with Crippen molar-refractivity contribution in [3.8, 4) is 11.5 Å². The number of hydrogen-bond acceptors (Lipinski definition) is 4. The fourth-order valence-corrected chi connectivity index (χ4v) is 4.85. The monoisotopic (exact) mass is 425 g/mol. The maximum Gasteiger partial charge on any atom is 0.231 e. The molecule has 0 fully saturated rings. The lowest BCUT2D eigenvalue weighted by Crippen LogP contribution is -2.33. The summed E-state index contributed by atoms with van der Waals surface area (Å²) in [6.45, 7) is 4.54. The Morgan fingerprint density at radius 3 is 2.67 bits per heavy atom. The summed E-state index contributed by atoms with van der Waals surface area (Å²) in [5, 5.41) is 3.54. The number of anilines is 1. The fourth-order valence-electron chi connectivity index (χ4n) is 4.44. The zero-order chi connectivity index (χ0) is 18.8. The Kier molecular flexibility index (Phi) is 3.66. The molecule has 0 amide bonds. The van der Waals surface area contributed by atoms with E-state index in [4.69, 9.17) is 9.47 Å². The maximum atomic E-state index is 13.2. The Hall–Kier alpha value is -2.27. The Labute approximate surface area is 166 Å².